The van der Waals surface area contributed by atoms with Crippen molar-refractivity contribution in [3.63, 3.8) is 0 Å². The van der Waals surface area contributed by atoms with Crippen molar-refractivity contribution in [2.24, 2.45) is 11.7 Å². The van der Waals surface area contributed by atoms with Crippen LogP contribution in [-0.2, 0) is 4.79 Å². The van der Waals surface area contributed by atoms with Crippen LogP contribution in [0, 0.1) is 5.92 Å². The molecule has 1 saturated carbocycles. The van der Waals surface area contributed by atoms with Gasteiger partial charge in [0.05, 0.1) is 0 Å². The van der Waals surface area contributed by atoms with Gasteiger partial charge >= 0.3 is 0 Å². The van der Waals surface area contributed by atoms with Crippen molar-refractivity contribution >= 4 is 5.91 Å². The predicted octanol–water partition coefficient (Wildman–Crippen LogP) is 2.23. The smallest absolute Gasteiger partial charge is 0.224 e. The third kappa shape index (κ3) is 3.98. The molecule has 2 fully saturated rings. The van der Waals surface area contributed by atoms with Crippen LogP contribution in [0.15, 0.2) is 0 Å². The summed E-state index contributed by atoms with van der Waals surface area (Å²) >= 11 is 0. The highest BCUT2D eigenvalue weighted by molar-refractivity contribution is 5.76. The van der Waals surface area contributed by atoms with Gasteiger partial charge in [0.2, 0.25) is 5.91 Å². The Morgan fingerprint density at radius 1 is 1.19 bits per heavy atom. The van der Waals surface area contributed by atoms with Gasteiger partial charge < -0.3 is 10.6 Å². The number of hydrogen-bond acceptors (Lipinski definition) is 3. The summed E-state index contributed by atoms with van der Waals surface area (Å²) in [6, 6.07) is 0.926. The molecule has 1 aliphatic carbocycles. The maximum absolute atomic E-state index is 12.4. The Balaban J connectivity index is 2.00. The summed E-state index contributed by atoms with van der Waals surface area (Å²) in [7, 11) is 0. The number of likely N-dealkylation sites (tertiary alicyclic amines) is 1. The van der Waals surface area contributed by atoms with Gasteiger partial charge in [-0.05, 0) is 52.0 Å². The van der Waals surface area contributed by atoms with Crippen molar-refractivity contribution in [1.29, 1.82) is 0 Å². The van der Waals surface area contributed by atoms with Crippen LogP contribution in [0.2, 0.25) is 0 Å². The second kappa shape index (κ2) is 8.14. The molecule has 0 aromatic carbocycles. The minimum absolute atomic E-state index is 0.240. The first-order chi connectivity index (χ1) is 10.2. The van der Waals surface area contributed by atoms with E-state index in [9.17, 15) is 4.79 Å². The minimum Gasteiger partial charge on any atom is -0.343 e. The van der Waals surface area contributed by atoms with Crippen molar-refractivity contribution in [2.45, 2.75) is 70.9 Å². The number of amides is 1. The number of piperidine rings is 1. The fourth-order valence-electron chi connectivity index (χ4n) is 4.36. The minimum atomic E-state index is 0.240. The summed E-state index contributed by atoms with van der Waals surface area (Å²) in [4.78, 5) is 16.9. The van der Waals surface area contributed by atoms with E-state index in [-0.39, 0.29) is 11.9 Å². The van der Waals surface area contributed by atoms with E-state index in [0.29, 0.717) is 19.0 Å². The molecule has 1 unspecified atom stereocenters. The van der Waals surface area contributed by atoms with Gasteiger partial charge in [-0.2, -0.15) is 0 Å². The average Bonchev–Trinajstić information content (AvgIpc) is 2.53. The largest absolute Gasteiger partial charge is 0.343 e. The van der Waals surface area contributed by atoms with Crippen molar-refractivity contribution < 1.29 is 4.79 Å². The van der Waals surface area contributed by atoms with Crippen molar-refractivity contribution in [3.05, 3.63) is 0 Å². The first kappa shape index (κ1) is 16.8. The Kier molecular flexibility index (Phi) is 6.49. The summed E-state index contributed by atoms with van der Waals surface area (Å²) in [5, 5.41) is 0. The first-order valence-corrected chi connectivity index (χ1v) is 8.94. The lowest BCUT2D eigenvalue weighted by Gasteiger charge is -2.47. The average molecular weight is 295 g/mol. The highest BCUT2D eigenvalue weighted by atomic mass is 16.2. The molecular weight excluding hydrogens is 262 g/mol. The second-order valence-electron chi connectivity index (χ2n) is 6.65. The standard InChI is InChI=1S/C17H33N3O/c1-3-19(4-2)17(21)12-15(13-18)20-11-7-9-14-8-5-6-10-16(14)20/h14-16H,3-13,18H2,1-2H3/t14-,15?,16-/m1/s1. The number of fused-ring (bicyclic) bond motifs is 1. The molecule has 3 atom stereocenters. The molecule has 4 nitrogen and oxygen atoms in total. The third-order valence-electron chi connectivity index (χ3n) is 5.55. The molecule has 0 aromatic rings. The van der Waals surface area contributed by atoms with Gasteiger partial charge in [0.15, 0.2) is 0 Å². The second-order valence-corrected chi connectivity index (χ2v) is 6.65. The number of nitrogens with zero attached hydrogens (tertiary/aromatic N) is 2. The number of hydrogen-bond donors (Lipinski definition) is 1. The lowest BCUT2D eigenvalue weighted by Crippen LogP contribution is -2.55. The molecule has 2 aliphatic rings. The molecule has 1 aliphatic heterocycles. The summed E-state index contributed by atoms with van der Waals surface area (Å²) in [6.45, 7) is 7.45. The van der Waals surface area contributed by atoms with E-state index in [4.69, 9.17) is 5.73 Å². The fraction of sp³-hybridized carbons (Fsp3) is 0.941. The summed E-state index contributed by atoms with van der Waals surface area (Å²) < 4.78 is 0. The maximum Gasteiger partial charge on any atom is 0.224 e. The van der Waals surface area contributed by atoms with Crippen LogP contribution in [0.25, 0.3) is 0 Å². The van der Waals surface area contributed by atoms with Crippen LogP contribution < -0.4 is 5.73 Å². The lowest BCUT2D eigenvalue weighted by atomic mass is 9.77. The van der Waals surface area contributed by atoms with Crippen molar-refractivity contribution in [3.8, 4) is 0 Å². The number of carbonyl (C=O) groups excluding carboxylic acids is 1. The van der Waals surface area contributed by atoms with E-state index in [1.807, 2.05) is 4.90 Å². The maximum atomic E-state index is 12.4. The highest BCUT2D eigenvalue weighted by Gasteiger charge is 2.37. The van der Waals surface area contributed by atoms with Crippen LogP contribution >= 0.6 is 0 Å². The Morgan fingerprint density at radius 3 is 2.52 bits per heavy atom. The van der Waals surface area contributed by atoms with E-state index in [1.165, 1.54) is 38.5 Å². The molecule has 4 heteroatoms. The molecule has 2 N–H and O–H groups in total. The van der Waals surface area contributed by atoms with E-state index in [2.05, 4.69) is 18.7 Å². The summed E-state index contributed by atoms with van der Waals surface area (Å²) in [5.41, 5.74) is 6.04. The number of nitrogens with two attached hydrogens (primary N) is 1. The molecule has 2 rings (SSSR count). The van der Waals surface area contributed by atoms with Gasteiger partial charge in [0.1, 0.15) is 0 Å². The Bertz CT molecular complexity index is 328. The number of rotatable bonds is 6. The van der Waals surface area contributed by atoms with E-state index < -0.39 is 0 Å². The van der Waals surface area contributed by atoms with Crippen LogP contribution in [0.4, 0.5) is 0 Å². The van der Waals surface area contributed by atoms with Crippen LogP contribution in [-0.4, -0.2) is 54.0 Å². The first-order valence-electron chi connectivity index (χ1n) is 8.94. The molecule has 0 radical (unpaired) electrons. The van der Waals surface area contributed by atoms with E-state index in [0.717, 1.165) is 25.6 Å². The van der Waals surface area contributed by atoms with Gasteiger partial charge in [0, 0.05) is 38.1 Å². The SMILES string of the molecule is CCN(CC)C(=O)CC(CN)N1CCC[C@H]2CCCC[C@H]21. The Labute approximate surface area is 130 Å². The molecule has 0 spiro atoms. The van der Waals surface area contributed by atoms with Crippen LogP contribution in [0.3, 0.4) is 0 Å². The molecule has 21 heavy (non-hydrogen) atoms. The number of carbonyl (C=O) groups is 1. The topological polar surface area (TPSA) is 49.6 Å². The zero-order chi connectivity index (χ0) is 15.2. The zero-order valence-corrected chi connectivity index (χ0v) is 13.9. The molecule has 1 saturated heterocycles. The summed E-state index contributed by atoms with van der Waals surface area (Å²) in [6.07, 6.45) is 8.67. The van der Waals surface area contributed by atoms with Gasteiger partial charge in [-0.15, -0.1) is 0 Å². The molecule has 122 valence electrons. The molecule has 1 amide bonds. The van der Waals surface area contributed by atoms with Gasteiger partial charge in [-0.3, -0.25) is 9.69 Å². The van der Waals surface area contributed by atoms with Crippen molar-refractivity contribution in [2.75, 3.05) is 26.2 Å². The normalized spacial score (nSPS) is 28.0. The lowest BCUT2D eigenvalue weighted by molar-refractivity contribution is -0.132. The van der Waals surface area contributed by atoms with E-state index >= 15 is 0 Å². The molecular formula is C17H33N3O. The third-order valence-corrected chi connectivity index (χ3v) is 5.55. The zero-order valence-electron chi connectivity index (χ0n) is 13.9. The van der Waals surface area contributed by atoms with E-state index in [1.54, 1.807) is 0 Å². The van der Waals surface area contributed by atoms with Gasteiger partial charge in [0.25, 0.3) is 0 Å². The quantitative estimate of drug-likeness (QED) is 0.817. The predicted molar refractivity (Wildman–Crippen MR) is 87.1 cm³/mol. The van der Waals surface area contributed by atoms with Gasteiger partial charge in [-0.25, -0.2) is 0 Å². The van der Waals surface area contributed by atoms with Crippen molar-refractivity contribution in [1.82, 2.24) is 9.80 Å². The fourth-order valence-corrected chi connectivity index (χ4v) is 4.36. The van der Waals surface area contributed by atoms with Gasteiger partial charge in [-0.1, -0.05) is 12.8 Å². The molecule has 0 bridgehead atoms. The monoisotopic (exact) mass is 295 g/mol. The Morgan fingerprint density at radius 2 is 1.86 bits per heavy atom. The van der Waals surface area contributed by atoms with Crippen LogP contribution in [0.5, 0.6) is 0 Å². The van der Waals surface area contributed by atoms with Crippen LogP contribution in [0.1, 0.15) is 58.8 Å². The molecule has 0 aromatic heterocycles. The Hall–Kier alpha value is -0.610. The summed E-state index contributed by atoms with van der Waals surface area (Å²) in [5.74, 6) is 1.12. The highest BCUT2D eigenvalue weighted by Crippen LogP contribution is 2.36. The molecule has 1 heterocycles.